The summed E-state index contributed by atoms with van der Waals surface area (Å²) in [6.07, 6.45) is 2.78. The predicted octanol–water partition coefficient (Wildman–Crippen LogP) is 4.08. The largest absolute Gasteiger partial charge is 0.233 e. The van der Waals surface area contributed by atoms with Gasteiger partial charge >= 0.3 is 0 Å². The smallest absolute Gasteiger partial charge is 0.164 e. The van der Waals surface area contributed by atoms with Crippen molar-refractivity contribution >= 4 is 23.2 Å². The molecule has 0 bridgehead atoms. The summed E-state index contributed by atoms with van der Waals surface area (Å²) in [6, 6.07) is 4.77. The van der Waals surface area contributed by atoms with Crippen LogP contribution in [0.4, 0.5) is 4.39 Å². The van der Waals surface area contributed by atoms with Crippen LogP contribution in [-0.2, 0) is 12.8 Å². The van der Waals surface area contributed by atoms with E-state index in [-0.39, 0.29) is 5.02 Å². The van der Waals surface area contributed by atoms with Crippen LogP contribution in [0, 0.1) is 5.82 Å². The summed E-state index contributed by atoms with van der Waals surface area (Å²) in [5.41, 5.74) is 2.20. The molecule has 92 valence electrons. The molecular formula is C13H9Cl2FN2. The maximum Gasteiger partial charge on any atom is 0.164 e. The van der Waals surface area contributed by atoms with Crippen LogP contribution in [0.3, 0.4) is 0 Å². The van der Waals surface area contributed by atoms with Gasteiger partial charge in [0, 0.05) is 11.3 Å². The van der Waals surface area contributed by atoms with Crippen molar-refractivity contribution in [3.05, 3.63) is 45.4 Å². The SMILES string of the molecule is Fc1c(Cl)cccc1-c1nc(Cl)c2c(n1)CCC2. The Morgan fingerprint density at radius 2 is 1.94 bits per heavy atom. The lowest BCUT2D eigenvalue weighted by Gasteiger charge is -2.07. The van der Waals surface area contributed by atoms with Gasteiger partial charge in [0.05, 0.1) is 10.6 Å². The number of rotatable bonds is 1. The van der Waals surface area contributed by atoms with Crippen molar-refractivity contribution in [3.63, 3.8) is 0 Å². The van der Waals surface area contributed by atoms with Gasteiger partial charge in [0.15, 0.2) is 11.6 Å². The standard InChI is InChI=1S/C13H9Cl2FN2/c14-9-5-1-4-8(11(9)16)13-17-10-6-2-3-7(10)12(15)18-13/h1,4-5H,2-3,6H2. The zero-order chi connectivity index (χ0) is 12.7. The fraction of sp³-hybridized carbons (Fsp3) is 0.231. The lowest BCUT2D eigenvalue weighted by molar-refractivity contribution is 0.630. The highest BCUT2D eigenvalue weighted by Gasteiger charge is 2.20. The molecule has 0 saturated heterocycles. The molecular weight excluding hydrogens is 274 g/mol. The summed E-state index contributed by atoms with van der Waals surface area (Å²) in [7, 11) is 0. The maximum absolute atomic E-state index is 13.9. The van der Waals surface area contributed by atoms with Gasteiger partial charge in [-0.05, 0) is 31.4 Å². The molecule has 0 N–H and O–H groups in total. The molecule has 1 aromatic carbocycles. The second-order valence-corrected chi connectivity index (χ2v) is 4.98. The van der Waals surface area contributed by atoms with Gasteiger partial charge in [0.2, 0.25) is 0 Å². The first-order chi connectivity index (χ1) is 8.66. The third-order valence-electron chi connectivity index (χ3n) is 3.08. The molecule has 0 amide bonds. The minimum absolute atomic E-state index is 0.0627. The van der Waals surface area contributed by atoms with Crippen LogP contribution in [0.5, 0.6) is 0 Å². The van der Waals surface area contributed by atoms with E-state index < -0.39 is 5.82 Å². The number of aromatic nitrogens is 2. The molecule has 0 saturated carbocycles. The molecule has 2 aromatic rings. The van der Waals surface area contributed by atoms with Gasteiger partial charge in [-0.25, -0.2) is 14.4 Å². The molecule has 0 fully saturated rings. The monoisotopic (exact) mass is 282 g/mol. The molecule has 0 unspecified atom stereocenters. The Balaban J connectivity index is 2.18. The number of hydrogen-bond donors (Lipinski definition) is 0. The highest BCUT2D eigenvalue weighted by atomic mass is 35.5. The molecule has 0 spiro atoms. The van der Waals surface area contributed by atoms with Crippen molar-refractivity contribution in [1.29, 1.82) is 0 Å². The number of nitrogens with zero attached hydrogens (tertiary/aromatic N) is 2. The Bertz CT molecular complexity index is 629. The van der Waals surface area contributed by atoms with Gasteiger partial charge in [-0.15, -0.1) is 0 Å². The maximum atomic E-state index is 13.9. The lowest BCUT2D eigenvalue weighted by atomic mass is 10.2. The van der Waals surface area contributed by atoms with E-state index in [4.69, 9.17) is 23.2 Å². The van der Waals surface area contributed by atoms with E-state index in [1.54, 1.807) is 12.1 Å². The zero-order valence-electron chi connectivity index (χ0n) is 9.38. The van der Waals surface area contributed by atoms with Crippen molar-refractivity contribution in [2.75, 3.05) is 0 Å². The first kappa shape index (κ1) is 11.9. The minimum atomic E-state index is -0.506. The number of halogens is 3. The van der Waals surface area contributed by atoms with Crippen LogP contribution in [0.2, 0.25) is 10.2 Å². The van der Waals surface area contributed by atoms with Gasteiger partial charge in [-0.3, -0.25) is 0 Å². The molecule has 0 atom stereocenters. The summed E-state index contributed by atoms with van der Waals surface area (Å²) in [5.74, 6) is -0.200. The van der Waals surface area contributed by atoms with Crippen LogP contribution < -0.4 is 0 Å². The van der Waals surface area contributed by atoms with Crippen LogP contribution in [0.1, 0.15) is 17.7 Å². The molecule has 2 nitrogen and oxygen atoms in total. The van der Waals surface area contributed by atoms with E-state index in [2.05, 4.69) is 9.97 Å². The van der Waals surface area contributed by atoms with Crippen molar-refractivity contribution in [3.8, 4) is 11.4 Å². The number of fused-ring (bicyclic) bond motifs is 1. The van der Waals surface area contributed by atoms with Crippen LogP contribution in [-0.4, -0.2) is 9.97 Å². The van der Waals surface area contributed by atoms with E-state index >= 15 is 0 Å². The zero-order valence-corrected chi connectivity index (χ0v) is 10.9. The van der Waals surface area contributed by atoms with E-state index in [0.717, 1.165) is 30.5 Å². The lowest BCUT2D eigenvalue weighted by Crippen LogP contribution is -1.99. The number of hydrogen-bond acceptors (Lipinski definition) is 2. The summed E-state index contributed by atoms with van der Waals surface area (Å²) in [4.78, 5) is 8.56. The van der Waals surface area contributed by atoms with Crippen LogP contribution in [0.15, 0.2) is 18.2 Å². The fourth-order valence-corrected chi connectivity index (χ4v) is 2.64. The van der Waals surface area contributed by atoms with Gasteiger partial charge in [-0.2, -0.15) is 0 Å². The Kier molecular flexibility index (Phi) is 2.96. The molecule has 1 aliphatic carbocycles. The van der Waals surface area contributed by atoms with E-state index in [9.17, 15) is 4.39 Å². The summed E-state index contributed by atoms with van der Waals surface area (Å²) >= 11 is 11.9. The van der Waals surface area contributed by atoms with Crippen molar-refractivity contribution in [2.24, 2.45) is 0 Å². The van der Waals surface area contributed by atoms with Gasteiger partial charge in [0.1, 0.15) is 5.15 Å². The van der Waals surface area contributed by atoms with Crippen molar-refractivity contribution in [2.45, 2.75) is 19.3 Å². The molecule has 5 heteroatoms. The van der Waals surface area contributed by atoms with Crippen molar-refractivity contribution < 1.29 is 4.39 Å². The topological polar surface area (TPSA) is 25.8 Å². The van der Waals surface area contributed by atoms with Crippen LogP contribution >= 0.6 is 23.2 Å². The van der Waals surface area contributed by atoms with Gasteiger partial charge in [-0.1, -0.05) is 29.3 Å². The molecule has 1 aromatic heterocycles. The summed E-state index contributed by atoms with van der Waals surface area (Å²) < 4.78 is 13.9. The van der Waals surface area contributed by atoms with E-state index in [1.807, 2.05) is 0 Å². The molecule has 1 heterocycles. The average molecular weight is 283 g/mol. The first-order valence-electron chi connectivity index (χ1n) is 5.66. The number of benzene rings is 1. The first-order valence-corrected chi connectivity index (χ1v) is 6.42. The summed E-state index contributed by atoms with van der Waals surface area (Å²) in [5, 5.41) is 0.486. The van der Waals surface area contributed by atoms with Gasteiger partial charge in [0.25, 0.3) is 0 Å². The number of aryl methyl sites for hydroxylation is 1. The quantitative estimate of drug-likeness (QED) is 0.737. The Labute approximate surface area is 114 Å². The Hall–Kier alpha value is -1.19. The normalized spacial score (nSPS) is 13.7. The molecule has 1 aliphatic rings. The van der Waals surface area contributed by atoms with E-state index in [0.29, 0.717) is 16.5 Å². The van der Waals surface area contributed by atoms with E-state index in [1.165, 1.54) is 6.07 Å². The average Bonchev–Trinajstić information content (AvgIpc) is 2.81. The summed E-state index contributed by atoms with van der Waals surface area (Å²) in [6.45, 7) is 0. The van der Waals surface area contributed by atoms with Crippen molar-refractivity contribution in [1.82, 2.24) is 9.97 Å². The second kappa shape index (κ2) is 4.48. The molecule has 3 rings (SSSR count). The third-order valence-corrected chi connectivity index (χ3v) is 3.68. The molecule has 0 radical (unpaired) electrons. The third kappa shape index (κ3) is 1.88. The fourth-order valence-electron chi connectivity index (χ4n) is 2.18. The second-order valence-electron chi connectivity index (χ2n) is 4.22. The molecule has 0 aliphatic heterocycles. The van der Waals surface area contributed by atoms with Crippen LogP contribution in [0.25, 0.3) is 11.4 Å². The highest BCUT2D eigenvalue weighted by molar-refractivity contribution is 6.31. The molecule has 18 heavy (non-hydrogen) atoms. The minimum Gasteiger partial charge on any atom is -0.233 e. The highest BCUT2D eigenvalue weighted by Crippen LogP contribution is 2.31. The Morgan fingerprint density at radius 3 is 2.78 bits per heavy atom. The van der Waals surface area contributed by atoms with Gasteiger partial charge < -0.3 is 0 Å². The Morgan fingerprint density at radius 1 is 1.11 bits per heavy atom. The predicted molar refractivity (Wildman–Crippen MR) is 69.5 cm³/mol.